The van der Waals surface area contributed by atoms with E-state index < -0.39 is 28.7 Å². The number of rotatable bonds is 8. The Bertz CT molecular complexity index is 988. The zero-order chi connectivity index (χ0) is 23.1. The Labute approximate surface area is 182 Å². The maximum absolute atomic E-state index is 12.9. The molecule has 2 rings (SSSR count). The summed E-state index contributed by atoms with van der Waals surface area (Å²) < 4.78 is 10.2. The van der Waals surface area contributed by atoms with Crippen molar-refractivity contribution in [3.05, 3.63) is 63.9 Å². The number of hydrogen-bond donors (Lipinski definition) is 2. The van der Waals surface area contributed by atoms with Gasteiger partial charge in [-0.2, -0.15) is 0 Å². The van der Waals surface area contributed by atoms with Gasteiger partial charge in [0.1, 0.15) is 12.5 Å². The van der Waals surface area contributed by atoms with E-state index in [0.717, 1.165) is 11.8 Å². The number of nitro benzene ring substituents is 1. The maximum Gasteiger partial charge on any atom is 0.336 e. The molecule has 2 atom stereocenters. The Morgan fingerprint density at radius 1 is 1.45 bits per heavy atom. The molecule has 0 spiro atoms. The first-order valence-electron chi connectivity index (χ1n) is 9.06. The normalized spacial score (nSPS) is 18.1. The van der Waals surface area contributed by atoms with Crippen molar-refractivity contribution in [3.63, 3.8) is 0 Å². The summed E-state index contributed by atoms with van der Waals surface area (Å²) in [6.45, 7) is 5.07. The molecule has 1 aromatic rings. The molecule has 0 bridgehead atoms. The van der Waals surface area contributed by atoms with Crippen molar-refractivity contribution in [3.8, 4) is 0 Å². The molecule has 11 heteroatoms. The first-order valence-corrected chi connectivity index (χ1v) is 10.0. The fourth-order valence-electron chi connectivity index (χ4n) is 3.27. The number of nitro groups is 1. The number of nitrogens with one attached hydrogen (secondary N) is 1. The molecule has 31 heavy (non-hydrogen) atoms. The van der Waals surface area contributed by atoms with Gasteiger partial charge in [-0.05, 0) is 12.5 Å². The lowest BCUT2D eigenvalue weighted by atomic mass is 9.75. The Balaban J connectivity index is 2.72. The highest BCUT2D eigenvalue weighted by atomic mass is 32.2. The van der Waals surface area contributed by atoms with Crippen molar-refractivity contribution in [2.45, 2.75) is 12.8 Å². The molecule has 10 nitrogen and oxygen atoms in total. The summed E-state index contributed by atoms with van der Waals surface area (Å²) in [7, 11) is 1.19. The summed E-state index contributed by atoms with van der Waals surface area (Å²) in [5.41, 5.74) is 6.28. The smallest absolute Gasteiger partial charge is 0.336 e. The van der Waals surface area contributed by atoms with Crippen LogP contribution in [0, 0.1) is 21.4 Å². The van der Waals surface area contributed by atoms with Crippen molar-refractivity contribution in [1.82, 2.24) is 0 Å². The minimum absolute atomic E-state index is 0.0470. The third kappa shape index (κ3) is 5.57. The predicted molar refractivity (Wildman–Crippen MR) is 117 cm³/mol. The second-order valence-corrected chi connectivity index (χ2v) is 7.50. The van der Waals surface area contributed by atoms with Gasteiger partial charge in [0.2, 0.25) is 0 Å². The van der Waals surface area contributed by atoms with Crippen LogP contribution in [0.3, 0.4) is 0 Å². The number of methoxy groups -OCH3 is 1. The van der Waals surface area contributed by atoms with Gasteiger partial charge in [-0.15, -0.1) is 0 Å². The number of benzene rings is 1. The number of esters is 2. The van der Waals surface area contributed by atoms with Crippen LogP contribution >= 0.6 is 11.8 Å². The molecule has 1 aromatic carbocycles. The first-order chi connectivity index (χ1) is 14.7. The van der Waals surface area contributed by atoms with Gasteiger partial charge < -0.3 is 15.2 Å². The summed E-state index contributed by atoms with van der Waals surface area (Å²) in [5.74, 6) is -3.27. The summed E-state index contributed by atoms with van der Waals surface area (Å²) in [6.07, 6.45) is 1.40. The lowest BCUT2D eigenvalue weighted by molar-refractivity contribution is -0.384. The molecule has 1 heterocycles. The van der Waals surface area contributed by atoms with Crippen molar-refractivity contribution in [2.75, 3.05) is 19.5 Å². The first kappa shape index (κ1) is 23.8. The Morgan fingerprint density at radius 2 is 2.16 bits per heavy atom. The van der Waals surface area contributed by atoms with Crippen LogP contribution in [0.15, 0.2) is 53.2 Å². The number of nitrogens with zero attached hydrogens (tertiary/aromatic N) is 2. The molecule has 1 aliphatic rings. The van der Waals surface area contributed by atoms with Crippen LogP contribution in [0.2, 0.25) is 0 Å². The van der Waals surface area contributed by atoms with Crippen LogP contribution in [-0.4, -0.2) is 47.2 Å². The van der Waals surface area contributed by atoms with Crippen molar-refractivity contribution in [2.24, 2.45) is 16.6 Å². The van der Waals surface area contributed by atoms with E-state index in [1.54, 1.807) is 13.0 Å². The zero-order valence-electron chi connectivity index (χ0n) is 17.0. The monoisotopic (exact) mass is 446 g/mol. The molecular formula is C20H22N4O6S. The van der Waals surface area contributed by atoms with E-state index in [4.69, 9.17) is 20.6 Å². The minimum Gasteiger partial charge on any atom is -0.466 e. The van der Waals surface area contributed by atoms with Crippen molar-refractivity contribution in [1.29, 1.82) is 5.41 Å². The molecular weight excluding hydrogens is 424 g/mol. The number of non-ortho nitro benzene ring substituents is 1. The fourth-order valence-corrected chi connectivity index (χ4v) is 3.78. The Hall–Kier alpha value is -3.47. The summed E-state index contributed by atoms with van der Waals surface area (Å²) in [4.78, 5) is 40.8. The largest absolute Gasteiger partial charge is 0.466 e. The highest BCUT2D eigenvalue weighted by molar-refractivity contribution is 8.13. The van der Waals surface area contributed by atoms with Gasteiger partial charge in [-0.25, -0.2) is 4.79 Å². The number of aliphatic imine (C=N–C) groups is 1. The standard InChI is InChI=1S/C20H22N4O6S/c1-4-8-30-19(26)15-11(2)23-14(10-31-20(21)22)17(18(25)29-3)16(15)12-6-5-7-13(9-12)24(27)28/h4-7,9,15-16H,1,8,10H2,2-3H3,(H3,21,22). The fraction of sp³-hybridized carbons (Fsp3) is 0.300. The van der Waals surface area contributed by atoms with E-state index in [2.05, 4.69) is 11.6 Å². The third-order valence-corrected chi connectivity index (χ3v) is 5.25. The van der Waals surface area contributed by atoms with Gasteiger partial charge in [0.25, 0.3) is 5.69 Å². The van der Waals surface area contributed by atoms with E-state index in [1.807, 2.05) is 0 Å². The SMILES string of the molecule is C=CCOC(=O)C1C(C)=NC(CSC(=N)N)=C(C(=O)OC)C1c1cccc([N+](=O)[O-])c1. The zero-order valence-corrected chi connectivity index (χ0v) is 17.8. The number of ether oxygens (including phenoxy) is 2. The molecule has 0 fully saturated rings. The average molecular weight is 446 g/mol. The number of carbonyl (C=O) groups excluding carboxylic acids is 2. The topological polar surface area (TPSA) is 158 Å². The van der Waals surface area contributed by atoms with E-state index in [0.29, 0.717) is 11.3 Å². The summed E-state index contributed by atoms with van der Waals surface area (Å²) in [5, 5.41) is 18.6. The van der Waals surface area contributed by atoms with E-state index >= 15 is 0 Å². The van der Waals surface area contributed by atoms with E-state index in [-0.39, 0.29) is 34.5 Å². The Kier molecular flexibility index (Phi) is 8.08. The molecule has 1 aliphatic heterocycles. The third-order valence-electron chi connectivity index (χ3n) is 4.52. The molecule has 164 valence electrons. The molecule has 0 saturated carbocycles. The number of hydrogen-bond acceptors (Lipinski definition) is 9. The van der Waals surface area contributed by atoms with Gasteiger partial charge >= 0.3 is 11.9 Å². The number of thioether (sulfide) groups is 1. The average Bonchev–Trinajstić information content (AvgIpc) is 2.74. The van der Waals surface area contributed by atoms with Gasteiger partial charge in [-0.1, -0.05) is 36.5 Å². The quantitative estimate of drug-likeness (QED) is 0.154. The Morgan fingerprint density at radius 3 is 2.74 bits per heavy atom. The predicted octanol–water partition coefficient (Wildman–Crippen LogP) is 2.55. The molecule has 0 aliphatic carbocycles. The van der Waals surface area contributed by atoms with Crippen molar-refractivity contribution < 1.29 is 24.0 Å². The minimum atomic E-state index is -1.01. The second kappa shape index (κ2) is 10.5. The molecule has 2 unspecified atom stereocenters. The van der Waals surface area contributed by atoms with Crippen LogP contribution in [0.25, 0.3) is 0 Å². The summed E-state index contributed by atoms with van der Waals surface area (Å²) in [6, 6.07) is 5.67. The lowest BCUT2D eigenvalue weighted by Crippen LogP contribution is -2.37. The molecule has 0 radical (unpaired) electrons. The maximum atomic E-state index is 12.9. The van der Waals surface area contributed by atoms with Crippen LogP contribution in [0.4, 0.5) is 5.69 Å². The highest BCUT2D eigenvalue weighted by Gasteiger charge is 2.43. The summed E-state index contributed by atoms with van der Waals surface area (Å²) >= 11 is 0.951. The van der Waals surface area contributed by atoms with Gasteiger partial charge in [0.05, 0.1) is 23.3 Å². The van der Waals surface area contributed by atoms with Crippen molar-refractivity contribution >= 4 is 40.3 Å². The second-order valence-electron chi connectivity index (χ2n) is 6.48. The van der Waals surface area contributed by atoms with Crippen LogP contribution in [0.1, 0.15) is 18.4 Å². The number of nitrogens with two attached hydrogens (primary N) is 1. The van der Waals surface area contributed by atoms with Gasteiger partial charge in [-0.3, -0.25) is 25.3 Å². The number of carbonyl (C=O) groups is 2. The highest BCUT2D eigenvalue weighted by Crippen LogP contribution is 2.41. The van der Waals surface area contributed by atoms with Gasteiger partial charge in [0.15, 0.2) is 5.17 Å². The molecule has 3 N–H and O–H groups in total. The number of amidine groups is 1. The lowest BCUT2D eigenvalue weighted by Gasteiger charge is -2.31. The van der Waals surface area contributed by atoms with E-state index in [1.165, 1.54) is 31.4 Å². The molecule has 0 aromatic heterocycles. The molecule has 0 saturated heterocycles. The molecule has 0 amide bonds. The van der Waals surface area contributed by atoms with E-state index in [9.17, 15) is 19.7 Å². The van der Waals surface area contributed by atoms with Crippen LogP contribution < -0.4 is 5.73 Å². The van der Waals surface area contributed by atoms with Crippen LogP contribution in [0.5, 0.6) is 0 Å². The van der Waals surface area contributed by atoms with Gasteiger partial charge in [0, 0.05) is 29.5 Å². The van der Waals surface area contributed by atoms with Crippen LogP contribution in [-0.2, 0) is 19.1 Å².